The van der Waals surface area contributed by atoms with Crippen LogP contribution < -0.4 is 0 Å². The normalized spacial score (nSPS) is 42.3. The van der Waals surface area contributed by atoms with Crippen molar-refractivity contribution in [2.75, 3.05) is 0 Å². The third kappa shape index (κ3) is 11.6. The second-order valence-electron chi connectivity index (χ2n) is 25.1. The zero-order valence-corrected chi connectivity index (χ0v) is 39.3. The molecule has 0 heterocycles. The van der Waals surface area contributed by atoms with Crippen molar-refractivity contribution in [1.82, 2.24) is 0 Å². The van der Waals surface area contributed by atoms with Crippen molar-refractivity contribution in [2.24, 2.45) is 94.7 Å². The maximum atomic E-state index is 12.3. The summed E-state index contributed by atoms with van der Waals surface area (Å²) in [6, 6.07) is 0. The minimum atomic E-state index is 0.0162. The lowest BCUT2D eigenvalue weighted by Crippen LogP contribution is -2.47. The highest BCUT2D eigenvalue weighted by molar-refractivity contribution is 4.96. The Morgan fingerprint density at radius 1 is 0.339 bits per heavy atom. The smallest absolute Gasteiger partial charge is 0.0604 e. The van der Waals surface area contributed by atoms with Gasteiger partial charge in [0, 0.05) is 0 Å². The molecule has 0 radical (unpaired) electrons. The van der Waals surface area contributed by atoms with Crippen LogP contribution in [0, 0.1) is 94.7 Å². The molecule has 0 spiro atoms. The Balaban J connectivity index is 0.749. The number of rotatable bonds is 14. The van der Waals surface area contributed by atoms with E-state index in [2.05, 4.69) is 0 Å². The van der Waals surface area contributed by atoms with Crippen molar-refractivity contribution in [3.8, 4) is 0 Å². The maximum Gasteiger partial charge on any atom is 0.0604 e. The SMILES string of the molecule is OC1C(C2CCCCC2)CCC(CC2CCCC(C3CCC(CCC(CCC4CCC(C5CCCCC5)C4)C4CCC(C5CCCC5)CC4)CC3)C2)C1C1CCCCC1. The van der Waals surface area contributed by atoms with Crippen molar-refractivity contribution >= 4 is 0 Å². The molecule has 9 aliphatic rings. The van der Waals surface area contributed by atoms with Crippen molar-refractivity contribution in [3.05, 3.63) is 0 Å². The van der Waals surface area contributed by atoms with Gasteiger partial charge in [-0.2, -0.15) is 0 Å². The molecule has 0 saturated heterocycles. The van der Waals surface area contributed by atoms with E-state index in [0.717, 1.165) is 82.9 Å². The van der Waals surface area contributed by atoms with Crippen LogP contribution in [0.25, 0.3) is 0 Å². The van der Waals surface area contributed by atoms with Crippen LogP contribution in [-0.4, -0.2) is 11.2 Å². The molecule has 59 heavy (non-hydrogen) atoms. The van der Waals surface area contributed by atoms with Gasteiger partial charge in [-0.1, -0.05) is 173 Å². The highest BCUT2D eigenvalue weighted by atomic mass is 16.3. The van der Waals surface area contributed by atoms with Gasteiger partial charge in [0.25, 0.3) is 0 Å². The lowest BCUT2D eigenvalue weighted by molar-refractivity contribution is -0.0789. The lowest BCUT2D eigenvalue weighted by atomic mass is 9.58. The Morgan fingerprint density at radius 3 is 1.47 bits per heavy atom. The molecular weight excluding hydrogens is 713 g/mol. The number of aliphatic hydroxyl groups is 1. The Kier molecular flexibility index (Phi) is 16.6. The summed E-state index contributed by atoms with van der Waals surface area (Å²) in [5.74, 6) is 15.4. The maximum absolute atomic E-state index is 12.3. The van der Waals surface area contributed by atoms with Gasteiger partial charge >= 0.3 is 0 Å². The lowest BCUT2D eigenvalue weighted by Gasteiger charge is -2.49. The van der Waals surface area contributed by atoms with E-state index in [1.807, 2.05) is 0 Å². The van der Waals surface area contributed by atoms with E-state index in [1.165, 1.54) is 128 Å². The third-order valence-corrected chi connectivity index (χ3v) is 22.1. The molecule has 9 rings (SSSR count). The van der Waals surface area contributed by atoms with Gasteiger partial charge in [0.2, 0.25) is 0 Å². The third-order valence-electron chi connectivity index (χ3n) is 22.1. The van der Waals surface area contributed by atoms with E-state index in [1.54, 1.807) is 135 Å². The molecular formula is C58H100O. The van der Waals surface area contributed by atoms with E-state index < -0.39 is 0 Å². The highest BCUT2D eigenvalue weighted by Gasteiger charge is 2.46. The first-order valence-corrected chi connectivity index (χ1v) is 28.8. The van der Waals surface area contributed by atoms with Gasteiger partial charge in [0.05, 0.1) is 6.10 Å². The van der Waals surface area contributed by atoms with Gasteiger partial charge in [-0.15, -0.1) is 0 Å². The average Bonchev–Trinajstić information content (AvgIpc) is 4.02. The first kappa shape index (κ1) is 44.2. The molecule has 1 heteroatoms. The van der Waals surface area contributed by atoms with Gasteiger partial charge in [0.15, 0.2) is 0 Å². The van der Waals surface area contributed by atoms with Gasteiger partial charge in [0.1, 0.15) is 0 Å². The summed E-state index contributed by atoms with van der Waals surface area (Å²) < 4.78 is 0. The van der Waals surface area contributed by atoms with Crippen molar-refractivity contribution in [2.45, 2.75) is 269 Å². The van der Waals surface area contributed by atoms with Crippen LogP contribution in [0.2, 0.25) is 0 Å². The second kappa shape index (κ2) is 22.2. The second-order valence-corrected chi connectivity index (χ2v) is 25.1. The van der Waals surface area contributed by atoms with Crippen LogP contribution in [-0.2, 0) is 0 Å². The van der Waals surface area contributed by atoms with E-state index >= 15 is 0 Å². The molecule has 0 aliphatic heterocycles. The van der Waals surface area contributed by atoms with Crippen LogP contribution in [0.3, 0.4) is 0 Å². The van der Waals surface area contributed by atoms with Gasteiger partial charge in [-0.05, 0) is 185 Å². The number of aliphatic hydroxyl groups excluding tert-OH is 1. The molecule has 9 fully saturated rings. The van der Waals surface area contributed by atoms with Gasteiger partial charge < -0.3 is 5.11 Å². The molecule has 0 aromatic carbocycles. The molecule has 0 aromatic rings. The highest BCUT2D eigenvalue weighted by Crippen LogP contribution is 2.53. The first-order chi connectivity index (χ1) is 29.1. The summed E-state index contributed by atoms with van der Waals surface area (Å²) in [6.07, 6.45) is 62.5. The first-order valence-electron chi connectivity index (χ1n) is 28.8. The van der Waals surface area contributed by atoms with Crippen LogP contribution in [0.15, 0.2) is 0 Å². The van der Waals surface area contributed by atoms with E-state index in [-0.39, 0.29) is 6.10 Å². The van der Waals surface area contributed by atoms with Crippen LogP contribution >= 0.6 is 0 Å². The van der Waals surface area contributed by atoms with Crippen LogP contribution in [0.1, 0.15) is 263 Å². The number of hydrogen-bond donors (Lipinski definition) is 1. The molecule has 0 amide bonds. The summed E-state index contributed by atoms with van der Waals surface area (Å²) in [7, 11) is 0. The van der Waals surface area contributed by atoms with Crippen molar-refractivity contribution in [1.29, 1.82) is 0 Å². The number of hydrogen-bond acceptors (Lipinski definition) is 1. The molecule has 9 aliphatic carbocycles. The molecule has 1 nitrogen and oxygen atoms in total. The predicted octanol–water partition coefficient (Wildman–Crippen LogP) is 17.3. The Hall–Kier alpha value is -0.0400. The van der Waals surface area contributed by atoms with E-state index in [4.69, 9.17) is 0 Å². The van der Waals surface area contributed by atoms with Crippen molar-refractivity contribution in [3.63, 3.8) is 0 Å². The molecule has 1 N–H and O–H groups in total. The monoisotopic (exact) mass is 813 g/mol. The van der Waals surface area contributed by atoms with E-state index in [0.29, 0.717) is 11.8 Å². The molecule has 9 unspecified atom stereocenters. The van der Waals surface area contributed by atoms with Crippen molar-refractivity contribution < 1.29 is 5.11 Å². The minimum absolute atomic E-state index is 0.0162. The van der Waals surface area contributed by atoms with Gasteiger partial charge in [-0.3, -0.25) is 0 Å². The Labute approximate surface area is 367 Å². The average molecular weight is 813 g/mol. The quantitative estimate of drug-likeness (QED) is 0.185. The minimum Gasteiger partial charge on any atom is -0.393 e. The Bertz CT molecular complexity index is 1170. The standard InChI is InChI=1S/C58H100O/c59-58-56(51-18-6-2-7-19-51)38-37-55(57(58)52-20-8-3-9-21-52)41-44-13-12-22-53(40-44)50-29-24-42(25-30-50)23-28-47(49-35-33-48(34-36-49)45-16-10-11-17-45)31-26-43-27-32-54(39-43)46-14-4-1-5-15-46/h42-59H,1-41H2. The van der Waals surface area contributed by atoms with Gasteiger partial charge in [-0.25, -0.2) is 0 Å². The molecule has 0 aromatic heterocycles. The zero-order chi connectivity index (χ0) is 39.8. The molecule has 338 valence electrons. The van der Waals surface area contributed by atoms with Crippen LogP contribution in [0.4, 0.5) is 0 Å². The summed E-state index contributed by atoms with van der Waals surface area (Å²) in [5.41, 5.74) is 0. The predicted molar refractivity (Wildman–Crippen MR) is 251 cm³/mol. The largest absolute Gasteiger partial charge is 0.393 e. The summed E-state index contributed by atoms with van der Waals surface area (Å²) in [4.78, 5) is 0. The van der Waals surface area contributed by atoms with Crippen LogP contribution in [0.5, 0.6) is 0 Å². The summed E-state index contributed by atoms with van der Waals surface area (Å²) in [5, 5.41) is 12.3. The molecule has 0 bridgehead atoms. The topological polar surface area (TPSA) is 20.2 Å². The fraction of sp³-hybridized carbons (Fsp3) is 1.00. The fourth-order valence-corrected chi connectivity index (χ4v) is 18.7. The summed E-state index contributed by atoms with van der Waals surface area (Å²) in [6.45, 7) is 0. The molecule has 9 saturated carbocycles. The van der Waals surface area contributed by atoms with E-state index in [9.17, 15) is 5.11 Å². The zero-order valence-electron chi connectivity index (χ0n) is 39.3. The molecule has 9 atom stereocenters. The fourth-order valence-electron chi connectivity index (χ4n) is 18.7. The summed E-state index contributed by atoms with van der Waals surface area (Å²) >= 11 is 0. The Morgan fingerprint density at radius 2 is 0.797 bits per heavy atom.